The maximum Gasteiger partial charge on any atom is 0.450 e. The number of carbonyl (C=O) groups excluding carboxylic acids is 1. The third-order valence-electron chi connectivity index (χ3n) is 0.247. The molecule has 0 aliphatic carbocycles. The van der Waals surface area contributed by atoms with Gasteiger partial charge in [-0.2, -0.15) is 13.2 Å². The summed E-state index contributed by atoms with van der Waals surface area (Å²) in [5, 5.41) is 5.40. The number of rotatable bonds is 0. The van der Waals surface area contributed by atoms with Crippen molar-refractivity contribution in [2.45, 2.75) is 12.6 Å². The average molecular weight is 163 g/mol. The molecule has 7 heteroatoms. The van der Waals surface area contributed by atoms with Crippen LogP contribution >= 0.6 is 0 Å². The second-order valence-electron chi connectivity index (χ2n) is 0.944. The van der Waals surface area contributed by atoms with Crippen LogP contribution in [-0.4, -0.2) is 18.7 Å². The van der Waals surface area contributed by atoms with E-state index in [4.69, 9.17) is 10.2 Å². The Hall–Kier alpha value is -0.970. The van der Waals surface area contributed by atoms with Gasteiger partial charge in [-0.3, -0.25) is 0 Å². The van der Waals surface area contributed by atoms with Gasteiger partial charge in [0, 0.05) is 0 Å². The summed E-state index contributed by atoms with van der Waals surface area (Å²) >= 11 is 0. The molecule has 0 bridgehead atoms. The molecule has 0 saturated heterocycles. The van der Waals surface area contributed by atoms with Gasteiger partial charge >= 0.3 is 12.6 Å². The van der Waals surface area contributed by atoms with Gasteiger partial charge in [-0.25, -0.2) is 19.0 Å². The Morgan fingerprint density at radius 2 is 1.40 bits per heavy atom. The molecule has 10 heavy (non-hydrogen) atoms. The van der Waals surface area contributed by atoms with Crippen LogP contribution in [0.15, 0.2) is 0 Å². The van der Waals surface area contributed by atoms with Gasteiger partial charge in [-0.1, -0.05) is 0 Å². The highest BCUT2D eigenvalue weighted by Gasteiger charge is 2.40. The summed E-state index contributed by atoms with van der Waals surface area (Å²) in [6, 6.07) is 0. The lowest BCUT2D eigenvalue weighted by atomic mass is 10.7. The Kier molecular flexibility index (Phi) is 5.73. The molecule has 0 spiro atoms. The molecule has 0 radical (unpaired) electrons. The quantitative estimate of drug-likeness (QED) is 0.329. The monoisotopic (exact) mass is 163 g/mol. The molecule has 0 heterocycles. The number of hydrogen-bond donors (Lipinski definition) is 1. The van der Waals surface area contributed by atoms with Crippen molar-refractivity contribution in [1.29, 1.82) is 5.41 Å². The molecular formula is C3H2F5NO. The zero-order chi connectivity index (χ0) is 8.78. The fourth-order valence-electron chi connectivity index (χ4n) is 0. The van der Waals surface area contributed by atoms with Gasteiger partial charge in [-0.15, -0.1) is 0 Å². The van der Waals surface area contributed by atoms with Crippen LogP contribution < -0.4 is 0 Å². The van der Waals surface area contributed by atoms with E-state index in [0.717, 1.165) is 6.08 Å². The molecular weight excluding hydrogens is 161 g/mol. The second kappa shape index (κ2) is 4.87. The first-order chi connectivity index (χ1) is 4.36. The van der Waals surface area contributed by atoms with Crippen LogP contribution in [-0.2, 0) is 4.79 Å². The molecule has 0 fully saturated rings. The first-order valence-corrected chi connectivity index (χ1v) is 1.75. The van der Waals surface area contributed by atoms with Crippen molar-refractivity contribution in [3.05, 3.63) is 0 Å². The van der Waals surface area contributed by atoms with E-state index in [1.54, 1.807) is 0 Å². The van der Waals surface area contributed by atoms with Gasteiger partial charge in [0.1, 0.15) is 0 Å². The van der Waals surface area contributed by atoms with E-state index in [2.05, 4.69) is 0 Å². The van der Waals surface area contributed by atoms with Crippen molar-refractivity contribution in [3.8, 4) is 0 Å². The maximum absolute atomic E-state index is 10.4. The minimum atomic E-state index is -5.33. The standard InChI is InChI=1S/C2HF5.CHNO/c3-1(4)2(5,6)7;2-1-3/h1H;2H. The summed E-state index contributed by atoms with van der Waals surface area (Å²) in [6.45, 7) is 0. The highest BCUT2D eigenvalue weighted by molar-refractivity contribution is 5.26. The molecule has 0 unspecified atom stereocenters. The Bertz CT molecular complexity index is 113. The molecule has 0 aliphatic rings. The molecule has 0 aromatic rings. The van der Waals surface area contributed by atoms with E-state index in [9.17, 15) is 22.0 Å². The first-order valence-electron chi connectivity index (χ1n) is 1.75. The van der Waals surface area contributed by atoms with Crippen molar-refractivity contribution < 1.29 is 26.7 Å². The van der Waals surface area contributed by atoms with Crippen molar-refractivity contribution in [2.24, 2.45) is 0 Å². The molecule has 0 saturated carbocycles. The van der Waals surface area contributed by atoms with Crippen LogP contribution in [0.3, 0.4) is 0 Å². The first kappa shape index (κ1) is 11.8. The van der Waals surface area contributed by atoms with Gasteiger partial charge in [0.05, 0.1) is 0 Å². The normalized spacial score (nSPS) is 9.80. The lowest BCUT2D eigenvalue weighted by Crippen LogP contribution is -2.18. The molecule has 2 nitrogen and oxygen atoms in total. The van der Waals surface area contributed by atoms with Gasteiger partial charge in [-0.05, 0) is 0 Å². The number of halogens is 5. The van der Waals surface area contributed by atoms with Crippen LogP contribution in [0.5, 0.6) is 0 Å². The van der Waals surface area contributed by atoms with Gasteiger partial charge in [0.15, 0.2) is 0 Å². The molecule has 0 rings (SSSR count). The number of alkyl halides is 5. The Morgan fingerprint density at radius 3 is 1.40 bits per heavy atom. The third kappa shape index (κ3) is 10.1. The van der Waals surface area contributed by atoms with Crippen molar-refractivity contribution in [1.82, 2.24) is 0 Å². The fourth-order valence-corrected chi connectivity index (χ4v) is 0. The number of hydrogen-bond acceptors (Lipinski definition) is 2. The predicted octanol–water partition coefficient (Wildman–Crippen LogP) is 1.71. The van der Waals surface area contributed by atoms with E-state index in [-0.39, 0.29) is 0 Å². The second-order valence-corrected chi connectivity index (χ2v) is 0.944. The summed E-state index contributed by atoms with van der Waals surface area (Å²) in [5.41, 5.74) is 0. The van der Waals surface area contributed by atoms with Gasteiger partial charge in [0.25, 0.3) is 0 Å². The largest absolute Gasteiger partial charge is 0.450 e. The summed E-state index contributed by atoms with van der Waals surface area (Å²) in [6.07, 6.45) is -8.78. The summed E-state index contributed by atoms with van der Waals surface area (Å²) < 4.78 is 52.1. The highest BCUT2D eigenvalue weighted by atomic mass is 19.4. The molecule has 0 aromatic heterocycles. The molecule has 0 aliphatic heterocycles. The average Bonchev–Trinajstić information content (AvgIpc) is 1.64. The van der Waals surface area contributed by atoms with Crippen molar-refractivity contribution in [2.75, 3.05) is 0 Å². The topological polar surface area (TPSA) is 40.9 Å². The van der Waals surface area contributed by atoms with Gasteiger partial charge in [0.2, 0.25) is 6.08 Å². The summed E-state index contributed by atoms with van der Waals surface area (Å²) in [5.74, 6) is 0. The van der Waals surface area contributed by atoms with E-state index < -0.39 is 12.6 Å². The lowest BCUT2D eigenvalue weighted by molar-refractivity contribution is -0.219. The van der Waals surface area contributed by atoms with Gasteiger partial charge < -0.3 is 0 Å². The Balaban J connectivity index is 0. The van der Waals surface area contributed by atoms with E-state index in [0.29, 0.717) is 0 Å². The zero-order valence-corrected chi connectivity index (χ0v) is 4.38. The molecule has 0 aromatic carbocycles. The van der Waals surface area contributed by atoms with Crippen LogP contribution in [0.25, 0.3) is 0 Å². The number of isocyanates is 1. The summed E-state index contributed by atoms with van der Waals surface area (Å²) in [7, 11) is 0. The minimum absolute atomic E-state index is 0.750. The maximum atomic E-state index is 10.4. The van der Waals surface area contributed by atoms with Crippen molar-refractivity contribution >= 4 is 6.08 Å². The van der Waals surface area contributed by atoms with E-state index >= 15 is 0 Å². The predicted molar refractivity (Wildman–Crippen MR) is 20.5 cm³/mol. The highest BCUT2D eigenvalue weighted by Crippen LogP contribution is 2.22. The Morgan fingerprint density at radius 1 is 1.30 bits per heavy atom. The van der Waals surface area contributed by atoms with Crippen LogP contribution in [0.4, 0.5) is 22.0 Å². The third-order valence-corrected chi connectivity index (χ3v) is 0.247. The smallest absolute Gasteiger partial charge is 0.222 e. The van der Waals surface area contributed by atoms with Crippen LogP contribution in [0.2, 0.25) is 0 Å². The van der Waals surface area contributed by atoms with Crippen molar-refractivity contribution in [3.63, 3.8) is 0 Å². The molecule has 1 N–H and O–H groups in total. The van der Waals surface area contributed by atoms with E-state index in [1.165, 1.54) is 0 Å². The Labute approximate surface area is 52.1 Å². The molecule has 0 amide bonds. The molecule has 0 atom stereocenters. The zero-order valence-electron chi connectivity index (χ0n) is 4.38. The fraction of sp³-hybridized carbons (Fsp3) is 0.667. The summed E-state index contributed by atoms with van der Waals surface area (Å²) in [4.78, 5) is 8.35. The lowest BCUT2D eigenvalue weighted by Gasteiger charge is -2.00. The van der Waals surface area contributed by atoms with Crippen LogP contribution in [0, 0.1) is 5.41 Å². The number of nitrogens with one attached hydrogen (secondary N) is 1. The van der Waals surface area contributed by atoms with E-state index in [1.807, 2.05) is 0 Å². The van der Waals surface area contributed by atoms with Crippen LogP contribution in [0.1, 0.15) is 0 Å². The molecule has 60 valence electrons. The minimum Gasteiger partial charge on any atom is -0.222 e. The SMILES string of the molecule is FC(F)C(F)(F)F.N=C=O.